The average Bonchev–Trinajstić information content (AvgIpc) is 2.82. The maximum absolute atomic E-state index is 11.6. The van der Waals surface area contributed by atoms with Gasteiger partial charge in [0.25, 0.3) is 0 Å². The van der Waals surface area contributed by atoms with E-state index in [1.165, 1.54) is 6.42 Å². The number of carbonyl (C=O) groups is 1. The van der Waals surface area contributed by atoms with Gasteiger partial charge in [0.05, 0.1) is 0 Å². The molecule has 1 amide bonds. The number of hydrogen-bond acceptors (Lipinski definition) is 3. The minimum atomic E-state index is 0.285. The predicted octanol–water partition coefficient (Wildman–Crippen LogP) is 0.434. The van der Waals surface area contributed by atoms with Gasteiger partial charge in [-0.2, -0.15) is 0 Å². The molecular formula is C13H23N3O. The van der Waals surface area contributed by atoms with Gasteiger partial charge in [-0.25, -0.2) is 0 Å². The Kier molecular flexibility index (Phi) is 2.67. The highest BCUT2D eigenvalue weighted by Crippen LogP contribution is 2.28. The molecule has 0 aliphatic carbocycles. The number of amides is 1. The fourth-order valence-electron chi connectivity index (χ4n) is 3.61. The van der Waals surface area contributed by atoms with Crippen molar-refractivity contribution in [2.24, 2.45) is 0 Å². The first-order valence-electron chi connectivity index (χ1n) is 6.84. The Labute approximate surface area is 103 Å². The molecule has 0 saturated carbocycles. The van der Waals surface area contributed by atoms with Gasteiger partial charge in [0.1, 0.15) is 0 Å². The van der Waals surface area contributed by atoms with E-state index in [-0.39, 0.29) is 5.54 Å². The van der Waals surface area contributed by atoms with Crippen LogP contribution in [-0.2, 0) is 4.79 Å². The van der Waals surface area contributed by atoms with Crippen LogP contribution in [0.25, 0.3) is 0 Å². The van der Waals surface area contributed by atoms with Gasteiger partial charge in [-0.1, -0.05) is 0 Å². The fraction of sp³-hybridized carbons (Fsp3) is 0.923. The molecule has 17 heavy (non-hydrogen) atoms. The minimum absolute atomic E-state index is 0.285. The summed E-state index contributed by atoms with van der Waals surface area (Å²) in [5, 5.41) is 3.59. The molecule has 0 radical (unpaired) electrons. The van der Waals surface area contributed by atoms with Crippen LogP contribution >= 0.6 is 0 Å². The van der Waals surface area contributed by atoms with E-state index in [9.17, 15) is 4.79 Å². The minimum Gasteiger partial charge on any atom is -0.337 e. The molecule has 2 atom stereocenters. The lowest BCUT2D eigenvalue weighted by Gasteiger charge is -2.40. The third-order valence-electron chi connectivity index (χ3n) is 4.60. The molecule has 0 bridgehead atoms. The molecule has 3 fully saturated rings. The van der Waals surface area contributed by atoms with Gasteiger partial charge < -0.3 is 10.2 Å². The summed E-state index contributed by atoms with van der Waals surface area (Å²) >= 11 is 0. The molecule has 0 aromatic carbocycles. The van der Waals surface area contributed by atoms with Crippen molar-refractivity contribution in [3.63, 3.8) is 0 Å². The van der Waals surface area contributed by atoms with E-state index in [0.29, 0.717) is 18.0 Å². The number of hydrogen-bond donors (Lipinski definition) is 1. The third kappa shape index (κ3) is 2.08. The lowest BCUT2D eigenvalue weighted by Crippen LogP contribution is -2.54. The molecule has 4 heteroatoms. The molecule has 4 nitrogen and oxygen atoms in total. The first kappa shape index (κ1) is 11.5. The summed E-state index contributed by atoms with van der Waals surface area (Å²) < 4.78 is 0. The van der Waals surface area contributed by atoms with Crippen molar-refractivity contribution in [3.8, 4) is 0 Å². The van der Waals surface area contributed by atoms with Crippen molar-refractivity contribution in [3.05, 3.63) is 0 Å². The van der Waals surface area contributed by atoms with E-state index in [2.05, 4.69) is 29.0 Å². The molecule has 3 aliphatic rings. The van der Waals surface area contributed by atoms with Crippen molar-refractivity contribution in [2.75, 3.05) is 26.2 Å². The summed E-state index contributed by atoms with van der Waals surface area (Å²) in [6, 6.07) is 1.17. The number of piperazine rings is 1. The molecular weight excluding hydrogens is 214 g/mol. The lowest BCUT2D eigenvalue weighted by molar-refractivity contribution is -0.131. The molecule has 0 spiro atoms. The molecule has 3 heterocycles. The summed E-state index contributed by atoms with van der Waals surface area (Å²) in [5.74, 6) is 0.375. The summed E-state index contributed by atoms with van der Waals surface area (Å²) in [5.41, 5.74) is 0.285. The topological polar surface area (TPSA) is 35.6 Å². The van der Waals surface area contributed by atoms with Gasteiger partial charge >= 0.3 is 0 Å². The Morgan fingerprint density at radius 3 is 2.82 bits per heavy atom. The van der Waals surface area contributed by atoms with Crippen molar-refractivity contribution in [2.45, 2.75) is 50.7 Å². The van der Waals surface area contributed by atoms with Crippen LogP contribution in [0.2, 0.25) is 0 Å². The Morgan fingerprint density at radius 1 is 1.29 bits per heavy atom. The Bertz CT molecular complexity index is 329. The quantitative estimate of drug-likeness (QED) is 0.718. The zero-order chi connectivity index (χ0) is 12.0. The van der Waals surface area contributed by atoms with Crippen molar-refractivity contribution >= 4 is 5.91 Å². The Morgan fingerprint density at radius 2 is 2.12 bits per heavy atom. The van der Waals surface area contributed by atoms with Crippen LogP contribution in [0.5, 0.6) is 0 Å². The monoisotopic (exact) mass is 237 g/mol. The van der Waals surface area contributed by atoms with E-state index in [4.69, 9.17) is 0 Å². The molecule has 1 N–H and O–H groups in total. The van der Waals surface area contributed by atoms with Crippen LogP contribution in [-0.4, -0.2) is 59.5 Å². The predicted molar refractivity (Wildman–Crippen MR) is 66.8 cm³/mol. The van der Waals surface area contributed by atoms with Crippen LogP contribution in [0.3, 0.4) is 0 Å². The lowest BCUT2D eigenvalue weighted by atomic mass is 9.99. The van der Waals surface area contributed by atoms with Gasteiger partial charge in [0.2, 0.25) is 5.91 Å². The van der Waals surface area contributed by atoms with E-state index < -0.39 is 0 Å². The van der Waals surface area contributed by atoms with Crippen LogP contribution < -0.4 is 5.32 Å². The second-order valence-electron chi connectivity index (χ2n) is 6.40. The SMILES string of the molecule is CC1(C)CC(N2CCN3C(=O)CCC3C2)CN1. The second kappa shape index (κ2) is 3.95. The third-order valence-corrected chi connectivity index (χ3v) is 4.60. The molecule has 3 saturated heterocycles. The second-order valence-corrected chi connectivity index (χ2v) is 6.40. The number of rotatable bonds is 1. The molecule has 3 rings (SSSR count). The summed E-state index contributed by atoms with van der Waals surface area (Å²) in [4.78, 5) is 16.3. The molecule has 2 unspecified atom stereocenters. The maximum Gasteiger partial charge on any atom is 0.222 e. The van der Waals surface area contributed by atoms with Crippen LogP contribution in [0, 0.1) is 0 Å². The standard InChI is InChI=1S/C13H23N3O/c1-13(2)7-11(8-14-13)15-5-6-16-10(9-15)3-4-12(16)17/h10-11,14H,3-9H2,1-2H3. The first-order chi connectivity index (χ1) is 8.05. The van der Waals surface area contributed by atoms with Crippen molar-refractivity contribution in [1.29, 1.82) is 0 Å². The van der Waals surface area contributed by atoms with Gasteiger partial charge in [-0.05, 0) is 26.7 Å². The van der Waals surface area contributed by atoms with Crippen LogP contribution in [0.1, 0.15) is 33.1 Å². The smallest absolute Gasteiger partial charge is 0.222 e. The van der Waals surface area contributed by atoms with Crippen molar-refractivity contribution < 1.29 is 4.79 Å². The number of fused-ring (bicyclic) bond motifs is 1. The zero-order valence-corrected chi connectivity index (χ0v) is 10.9. The largest absolute Gasteiger partial charge is 0.337 e. The van der Waals surface area contributed by atoms with Gasteiger partial charge in [-0.3, -0.25) is 9.69 Å². The molecule has 96 valence electrons. The Balaban J connectivity index is 1.62. The Hall–Kier alpha value is -0.610. The summed E-state index contributed by atoms with van der Waals surface area (Å²) in [7, 11) is 0. The van der Waals surface area contributed by atoms with E-state index in [0.717, 1.165) is 39.0 Å². The molecule has 0 aromatic rings. The summed E-state index contributed by atoms with van der Waals surface area (Å²) in [6.45, 7) is 8.76. The maximum atomic E-state index is 11.6. The van der Waals surface area contributed by atoms with Gasteiger partial charge in [0, 0.05) is 50.2 Å². The number of carbonyl (C=O) groups excluding carboxylic acids is 1. The molecule has 3 aliphatic heterocycles. The van der Waals surface area contributed by atoms with Gasteiger partial charge in [-0.15, -0.1) is 0 Å². The van der Waals surface area contributed by atoms with E-state index in [1.807, 2.05) is 0 Å². The number of nitrogens with one attached hydrogen (secondary N) is 1. The zero-order valence-electron chi connectivity index (χ0n) is 10.9. The first-order valence-corrected chi connectivity index (χ1v) is 6.84. The number of nitrogens with zero attached hydrogens (tertiary/aromatic N) is 2. The molecule has 0 aromatic heterocycles. The van der Waals surface area contributed by atoms with Crippen LogP contribution in [0.4, 0.5) is 0 Å². The van der Waals surface area contributed by atoms with Crippen LogP contribution in [0.15, 0.2) is 0 Å². The summed E-state index contributed by atoms with van der Waals surface area (Å²) in [6.07, 6.45) is 3.07. The highest BCUT2D eigenvalue weighted by atomic mass is 16.2. The van der Waals surface area contributed by atoms with E-state index in [1.54, 1.807) is 0 Å². The van der Waals surface area contributed by atoms with Gasteiger partial charge in [0.15, 0.2) is 0 Å². The normalized spacial score (nSPS) is 37.5. The highest BCUT2D eigenvalue weighted by Gasteiger charge is 2.40. The van der Waals surface area contributed by atoms with Crippen molar-refractivity contribution in [1.82, 2.24) is 15.1 Å². The average molecular weight is 237 g/mol. The fourth-order valence-corrected chi connectivity index (χ4v) is 3.61. The van der Waals surface area contributed by atoms with E-state index >= 15 is 0 Å². The highest BCUT2D eigenvalue weighted by molar-refractivity contribution is 5.78.